The second kappa shape index (κ2) is 5.27. The van der Waals surface area contributed by atoms with Gasteiger partial charge in [-0.1, -0.05) is 12.1 Å². The van der Waals surface area contributed by atoms with Gasteiger partial charge in [-0.05, 0) is 18.6 Å². The summed E-state index contributed by atoms with van der Waals surface area (Å²) >= 11 is 1.80. The summed E-state index contributed by atoms with van der Waals surface area (Å²) in [5.41, 5.74) is 0.697. The van der Waals surface area contributed by atoms with Crippen LogP contribution in [0.1, 0.15) is 12.0 Å². The van der Waals surface area contributed by atoms with Gasteiger partial charge >= 0.3 is 0 Å². The normalized spacial score (nSPS) is 19.6. The molecule has 1 heterocycles. The highest BCUT2D eigenvalue weighted by Gasteiger charge is 2.16. The van der Waals surface area contributed by atoms with Crippen molar-refractivity contribution in [1.82, 2.24) is 0 Å². The van der Waals surface area contributed by atoms with Crippen molar-refractivity contribution in [1.29, 1.82) is 5.41 Å². The third-order valence-corrected chi connectivity index (χ3v) is 3.72. The number of carbonyl (C=O) groups excluding carboxylic acids is 1. The van der Waals surface area contributed by atoms with Gasteiger partial charge in [0.15, 0.2) is 6.29 Å². The van der Waals surface area contributed by atoms with Crippen molar-refractivity contribution in [2.45, 2.75) is 16.6 Å². The molecule has 0 radical (unpaired) electrons. The molecular weight excluding hydrogens is 222 g/mol. The van der Waals surface area contributed by atoms with Crippen LogP contribution in [-0.2, 0) is 9.53 Å². The molecule has 1 aliphatic rings. The quantitative estimate of drug-likeness (QED) is 0.642. The smallest absolute Gasteiger partial charge is 0.168 e. The molecule has 3 nitrogen and oxygen atoms in total. The van der Waals surface area contributed by atoms with Gasteiger partial charge in [-0.15, -0.1) is 11.8 Å². The number of aldehydes is 1. The molecule has 1 aliphatic heterocycles. The molecular formula is C12H13NO2S. The van der Waals surface area contributed by atoms with Crippen LogP contribution in [0.4, 0.5) is 0 Å². The molecule has 84 valence electrons. The van der Waals surface area contributed by atoms with Crippen LogP contribution in [-0.4, -0.2) is 30.5 Å². The van der Waals surface area contributed by atoms with E-state index >= 15 is 0 Å². The zero-order chi connectivity index (χ0) is 11.4. The molecule has 1 atom stereocenters. The van der Waals surface area contributed by atoms with Crippen LogP contribution >= 0.6 is 11.8 Å². The van der Waals surface area contributed by atoms with Crippen molar-refractivity contribution in [2.75, 3.05) is 13.2 Å². The molecule has 4 heteroatoms. The monoisotopic (exact) mass is 235 g/mol. The number of hydrogen-bond donors (Lipinski definition) is 1. The van der Waals surface area contributed by atoms with Crippen LogP contribution in [0.3, 0.4) is 0 Å². The Kier molecular flexibility index (Phi) is 3.74. The maximum atomic E-state index is 10.4. The minimum atomic E-state index is 0.0285. The lowest BCUT2D eigenvalue weighted by molar-refractivity contribution is -0.102. The van der Waals surface area contributed by atoms with Gasteiger partial charge in [-0.2, -0.15) is 0 Å². The second-order valence-electron chi connectivity index (χ2n) is 3.66. The Hall–Kier alpha value is -1.13. The summed E-state index contributed by atoms with van der Waals surface area (Å²) in [6, 6.07) is 7.54. The summed E-state index contributed by atoms with van der Waals surface area (Å²) in [5, 5.41) is 7.92. The fraction of sp³-hybridized carbons (Fsp3) is 0.333. The molecule has 2 rings (SSSR count). The van der Waals surface area contributed by atoms with Gasteiger partial charge in [0.1, 0.15) is 5.71 Å². The van der Waals surface area contributed by atoms with E-state index in [1.54, 1.807) is 11.8 Å². The van der Waals surface area contributed by atoms with Gasteiger partial charge in [0.25, 0.3) is 0 Å². The first-order valence-corrected chi connectivity index (χ1v) is 6.06. The fourth-order valence-electron chi connectivity index (χ4n) is 1.58. The highest BCUT2D eigenvalue weighted by Crippen LogP contribution is 2.28. The summed E-state index contributed by atoms with van der Waals surface area (Å²) in [6.45, 7) is 1.67. The number of rotatable bonds is 4. The van der Waals surface area contributed by atoms with Crippen LogP contribution in [0.5, 0.6) is 0 Å². The van der Waals surface area contributed by atoms with Gasteiger partial charge in [0, 0.05) is 22.3 Å². The van der Waals surface area contributed by atoms with E-state index in [1.165, 1.54) is 0 Å². The van der Waals surface area contributed by atoms with E-state index in [-0.39, 0.29) is 5.71 Å². The minimum absolute atomic E-state index is 0.0285. The van der Waals surface area contributed by atoms with E-state index in [2.05, 4.69) is 0 Å². The molecule has 0 amide bonds. The summed E-state index contributed by atoms with van der Waals surface area (Å²) in [4.78, 5) is 11.6. The lowest BCUT2D eigenvalue weighted by Crippen LogP contribution is -2.01. The lowest BCUT2D eigenvalue weighted by Gasteiger charge is -2.07. The third kappa shape index (κ3) is 2.71. The van der Waals surface area contributed by atoms with Gasteiger partial charge in [-0.25, -0.2) is 0 Å². The number of thioether (sulfide) groups is 1. The first-order valence-electron chi connectivity index (χ1n) is 5.18. The molecule has 1 aromatic rings. The van der Waals surface area contributed by atoms with Crippen molar-refractivity contribution < 1.29 is 9.53 Å². The molecule has 1 N–H and O–H groups in total. The number of benzene rings is 1. The summed E-state index contributed by atoms with van der Waals surface area (Å²) in [6.07, 6.45) is 1.66. The van der Waals surface area contributed by atoms with Gasteiger partial charge in [0.2, 0.25) is 0 Å². The van der Waals surface area contributed by atoms with Crippen molar-refractivity contribution in [3.63, 3.8) is 0 Å². The van der Waals surface area contributed by atoms with Crippen molar-refractivity contribution in [2.24, 2.45) is 0 Å². The Morgan fingerprint density at radius 2 is 2.19 bits per heavy atom. The average Bonchev–Trinajstić information content (AvgIpc) is 2.82. The largest absolute Gasteiger partial charge is 0.380 e. The van der Waals surface area contributed by atoms with E-state index in [9.17, 15) is 4.79 Å². The number of carbonyl (C=O) groups is 1. The van der Waals surface area contributed by atoms with E-state index in [0.717, 1.165) is 24.5 Å². The Morgan fingerprint density at radius 3 is 2.75 bits per heavy atom. The topological polar surface area (TPSA) is 50.2 Å². The highest BCUT2D eigenvalue weighted by molar-refractivity contribution is 8.00. The van der Waals surface area contributed by atoms with Crippen molar-refractivity contribution in [3.8, 4) is 0 Å². The molecule has 0 bridgehead atoms. The first kappa shape index (κ1) is 11.4. The highest BCUT2D eigenvalue weighted by atomic mass is 32.2. The molecule has 1 fully saturated rings. The maximum Gasteiger partial charge on any atom is 0.168 e. The second-order valence-corrected chi connectivity index (χ2v) is 5.03. The molecule has 0 unspecified atom stereocenters. The van der Waals surface area contributed by atoms with Gasteiger partial charge in [0.05, 0.1) is 6.61 Å². The van der Waals surface area contributed by atoms with Gasteiger partial charge < -0.3 is 4.74 Å². The molecule has 0 aromatic heterocycles. The molecule has 16 heavy (non-hydrogen) atoms. The molecule has 1 saturated heterocycles. The molecule has 0 aliphatic carbocycles. The molecule has 0 saturated carbocycles. The predicted molar refractivity (Wildman–Crippen MR) is 64.4 cm³/mol. The third-order valence-electron chi connectivity index (χ3n) is 2.47. The number of hydrogen-bond acceptors (Lipinski definition) is 4. The fourth-order valence-corrected chi connectivity index (χ4v) is 2.64. The van der Waals surface area contributed by atoms with E-state index in [1.807, 2.05) is 24.3 Å². The van der Waals surface area contributed by atoms with Crippen LogP contribution in [0.25, 0.3) is 0 Å². The predicted octanol–water partition coefficient (Wildman–Crippen LogP) is 2.13. The van der Waals surface area contributed by atoms with E-state index in [0.29, 0.717) is 17.1 Å². The van der Waals surface area contributed by atoms with E-state index in [4.69, 9.17) is 10.1 Å². The summed E-state index contributed by atoms with van der Waals surface area (Å²) in [7, 11) is 0. The van der Waals surface area contributed by atoms with Crippen LogP contribution in [0, 0.1) is 5.41 Å². The van der Waals surface area contributed by atoms with Crippen molar-refractivity contribution in [3.05, 3.63) is 29.8 Å². The molecule has 0 spiro atoms. The summed E-state index contributed by atoms with van der Waals surface area (Å²) < 4.78 is 5.31. The minimum Gasteiger partial charge on any atom is -0.380 e. The average molecular weight is 235 g/mol. The SMILES string of the molecule is N=C(C=O)c1ccc(S[C@H]2CCOC2)cc1. The first-order chi connectivity index (χ1) is 7.79. The van der Waals surface area contributed by atoms with Crippen LogP contribution in [0.2, 0.25) is 0 Å². The summed E-state index contributed by atoms with van der Waals surface area (Å²) in [5.74, 6) is 0. The van der Waals surface area contributed by atoms with E-state index < -0.39 is 0 Å². The maximum absolute atomic E-state index is 10.4. The Labute approximate surface area is 98.7 Å². The lowest BCUT2D eigenvalue weighted by atomic mass is 10.1. The number of nitrogens with one attached hydrogen (secondary N) is 1. The Balaban J connectivity index is 2.01. The zero-order valence-corrected chi connectivity index (χ0v) is 9.63. The van der Waals surface area contributed by atoms with Crippen LogP contribution in [0.15, 0.2) is 29.2 Å². The Morgan fingerprint density at radius 1 is 1.44 bits per heavy atom. The zero-order valence-electron chi connectivity index (χ0n) is 8.81. The van der Waals surface area contributed by atoms with Crippen molar-refractivity contribution >= 4 is 23.8 Å². The standard InChI is InChI=1S/C12H13NO2S/c13-12(7-14)9-1-3-10(4-2-9)16-11-5-6-15-8-11/h1-4,7,11,13H,5-6,8H2/t11-/m0/s1. The Bertz CT molecular complexity index is 383. The molecule has 1 aromatic carbocycles. The van der Waals surface area contributed by atoms with Gasteiger partial charge in [-0.3, -0.25) is 10.2 Å². The van der Waals surface area contributed by atoms with Crippen LogP contribution < -0.4 is 0 Å². The number of ether oxygens (including phenoxy) is 1.